The van der Waals surface area contributed by atoms with Crippen molar-refractivity contribution in [2.75, 3.05) is 0 Å². The lowest BCUT2D eigenvalue weighted by Crippen LogP contribution is -2.02. The monoisotopic (exact) mass is 249 g/mol. The molecule has 0 saturated heterocycles. The summed E-state index contributed by atoms with van der Waals surface area (Å²) in [5.41, 5.74) is 1.17. The Hall–Kier alpha value is -2.08. The number of halogens is 2. The van der Waals surface area contributed by atoms with Crippen LogP contribution >= 0.6 is 11.6 Å². The second kappa shape index (κ2) is 3.74. The molecule has 0 atom stereocenters. The molecule has 3 aromatic rings. The predicted octanol–water partition coefficient (Wildman–Crippen LogP) is 2.00. The van der Waals surface area contributed by atoms with E-state index < -0.39 is 5.82 Å². The summed E-state index contributed by atoms with van der Waals surface area (Å²) in [5.74, 6) is -0.550. The van der Waals surface area contributed by atoms with Crippen LogP contribution in [0.5, 0.6) is 0 Å². The fourth-order valence-electron chi connectivity index (χ4n) is 1.51. The van der Waals surface area contributed by atoms with Crippen molar-refractivity contribution in [3.8, 4) is 5.82 Å². The lowest BCUT2D eigenvalue weighted by Gasteiger charge is -2.03. The van der Waals surface area contributed by atoms with Gasteiger partial charge in [-0.25, -0.2) is 19.3 Å². The molecule has 0 unspecified atom stereocenters. The van der Waals surface area contributed by atoms with E-state index in [9.17, 15) is 4.39 Å². The molecular formula is C10H5ClFN5. The van der Waals surface area contributed by atoms with E-state index >= 15 is 0 Å². The molecule has 0 aromatic carbocycles. The highest BCUT2D eigenvalue weighted by atomic mass is 35.5. The van der Waals surface area contributed by atoms with Crippen molar-refractivity contribution < 1.29 is 4.39 Å². The number of pyridine rings is 1. The van der Waals surface area contributed by atoms with Gasteiger partial charge in [0.05, 0.1) is 6.20 Å². The van der Waals surface area contributed by atoms with Gasteiger partial charge in [-0.1, -0.05) is 0 Å². The summed E-state index contributed by atoms with van der Waals surface area (Å²) in [5, 5.41) is -0.0285. The van der Waals surface area contributed by atoms with Gasteiger partial charge in [0.25, 0.3) is 0 Å². The van der Waals surface area contributed by atoms with Crippen LogP contribution in [0.25, 0.3) is 17.0 Å². The van der Waals surface area contributed by atoms with Crippen LogP contribution in [-0.4, -0.2) is 24.5 Å². The molecule has 0 aliphatic heterocycles. The molecular weight excluding hydrogens is 245 g/mol. The van der Waals surface area contributed by atoms with Crippen molar-refractivity contribution in [1.82, 2.24) is 24.5 Å². The Balaban J connectivity index is 2.31. The molecule has 0 amide bonds. The first kappa shape index (κ1) is 10.1. The smallest absolute Gasteiger partial charge is 0.224 e. The molecule has 0 aliphatic carbocycles. The maximum Gasteiger partial charge on any atom is 0.224 e. The Kier molecular flexibility index (Phi) is 2.22. The van der Waals surface area contributed by atoms with Gasteiger partial charge in [-0.2, -0.15) is 4.98 Å². The Morgan fingerprint density at radius 2 is 2.12 bits per heavy atom. The van der Waals surface area contributed by atoms with E-state index in [2.05, 4.69) is 19.9 Å². The molecule has 3 heterocycles. The Bertz CT molecular complexity index is 696. The van der Waals surface area contributed by atoms with Gasteiger partial charge >= 0.3 is 0 Å². The largest absolute Gasteiger partial charge is 0.264 e. The van der Waals surface area contributed by atoms with Crippen LogP contribution in [0.1, 0.15) is 0 Å². The van der Waals surface area contributed by atoms with E-state index in [0.29, 0.717) is 11.2 Å². The Morgan fingerprint density at radius 1 is 1.24 bits per heavy atom. The van der Waals surface area contributed by atoms with Crippen LogP contribution in [0, 0.1) is 5.82 Å². The van der Waals surface area contributed by atoms with Crippen LogP contribution in [-0.2, 0) is 0 Å². The molecule has 0 spiro atoms. The average molecular weight is 250 g/mol. The number of rotatable bonds is 1. The third kappa shape index (κ3) is 1.62. The van der Waals surface area contributed by atoms with Crippen molar-refractivity contribution >= 4 is 22.8 Å². The molecule has 5 nitrogen and oxygen atoms in total. The number of nitrogens with zero attached hydrogens (tertiary/aromatic N) is 5. The van der Waals surface area contributed by atoms with Crippen molar-refractivity contribution in [3.63, 3.8) is 0 Å². The third-order valence-electron chi connectivity index (χ3n) is 2.23. The zero-order chi connectivity index (χ0) is 11.8. The molecule has 17 heavy (non-hydrogen) atoms. The minimum Gasteiger partial charge on any atom is -0.264 e. The molecule has 0 bridgehead atoms. The van der Waals surface area contributed by atoms with Gasteiger partial charge in [0.1, 0.15) is 11.8 Å². The third-order valence-corrected chi connectivity index (χ3v) is 2.41. The lowest BCUT2D eigenvalue weighted by molar-refractivity contribution is 0.602. The molecule has 3 aromatic heterocycles. The zero-order valence-electron chi connectivity index (χ0n) is 8.38. The van der Waals surface area contributed by atoms with Crippen molar-refractivity contribution in [2.24, 2.45) is 0 Å². The first-order valence-electron chi connectivity index (χ1n) is 4.72. The predicted molar refractivity (Wildman–Crippen MR) is 59.4 cm³/mol. The molecule has 0 radical (unpaired) electrons. The minimum absolute atomic E-state index is 0.0285. The van der Waals surface area contributed by atoms with Gasteiger partial charge in [-0.3, -0.25) is 4.57 Å². The second-order valence-electron chi connectivity index (χ2n) is 3.27. The average Bonchev–Trinajstić information content (AvgIpc) is 2.76. The minimum atomic E-state index is -0.584. The number of hydrogen-bond donors (Lipinski definition) is 0. The van der Waals surface area contributed by atoms with Gasteiger partial charge in [0, 0.05) is 6.20 Å². The highest BCUT2D eigenvalue weighted by Crippen LogP contribution is 2.17. The quantitative estimate of drug-likeness (QED) is 0.619. The standard InChI is InChI=1S/C10H5ClFN5/c11-10-14-4-6(12)8(16-10)17-5-15-7-2-1-3-13-9(7)17/h1-5H. The molecule has 0 fully saturated rings. The first-order valence-corrected chi connectivity index (χ1v) is 5.10. The second-order valence-corrected chi connectivity index (χ2v) is 3.61. The fraction of sp³-hybridized carbons (Fsp3) is 0. The molecule has 84 valence electrons. The van der Waals surface area contributed by atoms with Gasteiger partial charge in [0.2, 0.25) is 5.28 Å². The van der Waals surface area contributed by atoms with Gasteiger partial charge in [-0.05, 0) is 23.7 Å². The number of imidazole rings is 1. The molecule has 0 N–H and O–H groups in total. The van der Waals surface area contributed by atoms with E-state index in [4.69, 9.17) is 11.6 Å². The Morgan fingerprint density at radius 3 is 3.00 bits per heavy atom. The molecule has 7 heteroatoms. The van der Waals surface area contributed by atoms with Gasteiger partial charge in [-0.15, -0.1) is 0 Å². The van der Waals surface area contributed by atoms with Crippen molar-refractivity contribution in [3.05, 3.63) is 42.0 Å². The summed E-state index contributed by atoms with van der Waals surface area (Å²) in [4.78, 5) is 15.6. The maximum absolute atomic E-state index is 13.6. The summed E-state index contributed by atoms with van der Waals surface area (Å²) in [7, 11) is 0. The highest BCUT2D eigenvalue weighted by molar-refractivity contribution is 6.28. The van der Waals surface area contributed by atoms with Crippen LogP contribution < -0.4 is 0 Å². The van der Waals surface area contributed by atoms with Crippen molar-refractivity contribution in [2.45, 2.75) is 0 Å². The first-order chi connectivity index (χ1) is 8.25. The maximum atomic E-state index is 13.6. The summed E-state index contributed by atoms with van der Waals surface area (Å²) in [6.45, 7) is 0. The van der Waals surface area contributed by atoms with Gasteiger partial charge in [0.15, 0.2) is 17.3 Å². The summed E-state index contributed by atoms with van der Waals surface area (Å²) in [6.07, 6.45) is 4.06. The van der Waals surface area contributed by atoms with Crippen LogP contribution in [0.4, 0.5) is 4.39 Å². The zero-order valence-corrected chi connectivity index (χ0v) is 9.13. The summed E-state index contributed by atoms with van der Waals surface area (Å²) >= 11 is 5.64. The van der Waals surface area contributed by atoms with E-state index in [0.717, 1.165) is 6.20 Å². The number of hydrogen-bond acceptors (Lipinski definition) is 4. The molecule has 0 aliphatic rings. The molecule has 3 rings (SSSR count). The lowest BCUT2D eigenvalue weighted by atomic mass is 10.4. The van der Waals surface area contributed by atoms with Crippen molar-refractivity contribution in [1.29, 1.82) is 0 Å². The van der Waals surface area contributed by atoms with Gasteiger partial charge < -0.3 is 0 Å². The van der Waals surface area contributed by atoms with E-state index in [1.54, 1.807) is 18.3 Å². The van der Waals surface area contributed by atoms with E-state index in [1.807, 2.05) is 0 Å². The number of fused-ring (bicyclic) bond motifs is 1. The van der Waals surface area contributed by atoms with E-state index in [1.165, 1.54) is 10.9 Å². The molecule has 0 saturated carbocycles. The normalized spacial score (nSPS) is 10.9. The Labute approximate surface area is 99.9 Å². The van der Waals surface area contributed by atoms with E-state index in [-0.39, 0.29) is 11.1 Å². The van der Waals surface area contributed by atoms with Crippen LogP contribution in [0.2, 0.25) is 5.28 Å². The SMILES string of the molecule is Fc1cnc(Cl)nc1-n1cnc2cccnc21. The topological polar surface area (TPSA) is 56.5 Å². The number of aromatic nitrogens is 5. The fourth-order valence-corrected chi connectivity index (χ4v) is 1.64. The van der Waals surface area contributed by atoms with Crippen LogP contribution in [0.15, 0.2) is 30.9 Å². The summed E-state index contributed by atoms with van der Waals surface area (Å²) < 4.78 is 15.0. The highest BCUT2D eigenvalue weighted by Gasteiger charge is 2.12. The summed E-state index contributed by atoms with van der Waals surface area (Å²) in [6, 6.07) is 3.53. The van der Waals surface area contributed by atoms with Crippen LogP contribution in [0.3, 0.4) is 0 Å².